The van der Waals surface area contributed by atoms with Gasteiger partial charge < -0.3 is 0 Å². The van der Waals surface area contributed by atoms with Crippen molar-refractivity contribution >= 4 is 0 Å². The van der Waals surface area contributed by atoms with Crippen molar-refractivity contribution < 1.29 is 4.92 Å². The van der Waals surface area contributed by atoms with Gasteiger partial charge in [0.05, 0.1) is 0 Å². The van der Waals surface area contributed by atoms with E-state index in [1.807, 2.05) is 0 Å². The summed E-state index contributed by atoms with van der Waals surface area (Å²) in [6.07, 6.45) is 15.3. The van der Waals surface area contributed by atoms with Gasteiger partial charge in [-0.05, 0) is 97.2 Å². The zero-order valence-electron chi connectivity index (χ0n) is 20.4. The van der Waals surface area contributed by atoms with Crippen LogP contribution in [0.25, 0.3) is 0 Å². The van der Waals surface area contributed by atoms with Crippen molar-refractivity contribution in [3.05, 3.63) is 10.1 Å². The first-order valence-electron chi connectivity index (χ1n) is 13.3. The van der Waals surface area contributed by atoms with Gasteiger partial charge >= 0.3 is 0 Å². The van der Waals surface area contributed by atoms with Crippen LogP contribution in [0.3, 0.4) is 0 Å². The fourth-order valence-corrected chi connectivity index (χ4v) is 9.45. The van der Waals surface area contributed by atoms with Crippen LogP contribution in [0.5, 0.6) is 0 Å². The lowest BCUT2D eigenvalue weighted by atomic mass is 9.44. The highest BCUT2D eigenvalue weighted by Crippen LogP contribution is 2.68. The van der Waals surface area contributed by atoms with Crippen LogP contribution in [0.15, 0.2) is 0 Å². The van der Waals surface area contributed by atoms with Crippen molar-refractivity contribution in [1.29, 1.82) is 0 Å². The second-order valence-corrected chi connectivity index (χ2v) is 12.9. The minimum atomic E-state index is -0.268. The van der Waals surface area contributed by atoms with Gasteiger partial charge in [0.2, 0.25) is 6.04 Å². The fraction of sp³-hybridized carbons (Fsp3) is 1.00. The first-order chi connectivity index (χ1) is 14.2. The third kappa shape index (κ3) is 3.75. The molecule has 172 valence electrons. The topological polar surface area (TPSA) is 43.1 Å². The third-order valence-corrected chi connectivity index (χ3v) is 11.1. The summed E-state index contributed by atoms with van der Waals surface area (Å²) in [5.74, 6) is 5.87. The summed E-state index contributed by atoms with van der Waals surface area (Å²) in [5.41, 5.74) is 0.928. The summed E-state index contributed by atoms with van der Waals surface area (Å²) >= 11 is 0. The van der Waals surface area contributed by atoms with Gasteiger partial charge in [-0.1, -0.05) is 53.9 Å². The minimum absolute atomic E-state index is 0.0197. The Morgan fingerprint density at radius 3 is 2.30 bits per heavy atom. The highest BCUT2D eigenvalue weighted by atomic mass is 16.6. The van der Waals surface area contributed by atoms with E-state index in [1.54, 1.807) is 0 Å². The molecule has 4 aliphatic carbocycles. The molecule has 0 heterocycles. The number of nitro groups is 1. The van der Waals surface area contributed by atoms with Gasteiger partial charge in [-0.25, -0.2) is 0 Å². The summed E-state index contributed by atoms with van der Waals surface area (Å²) in [6, 6.07) is -0.268. The van der Waals surface area contributed by atoms with Crippen LogP contribution in [0.1, 0.15) is 112 Å². The summed E-state index contributed by atoms with van der Waals surface area (Å²) in [7, 11) is 0. The highest BCUT2D eigenvalue weighted by molar-refractivity contribution is 5.09. The van der Waals surface area contributed by atoms with Crippen LogP contribution < -0.4 is 0 Å². The normalized spacial score (nSPS) is 46.7. The van der Waals surface area contributed by atoms with Crippen LogP contribution >= 0.6 is 0 Å². The molecule has 4 fully saturated rings. The molecule has 4 saturated carbocycles. The number of nitrogens with zero attached hydrogens (tertiary/aromatic N) is 1. The smallest absolute Gasteiger partial charge is 0.213 e. The molecule has 30 heavy (non-hydrogen) atoms. The molecule has 4 aliphatic rings. The van der Waals surface area contributed by atoms with Crippen LogP contribution in [-0.2, 0) is 0 Å². The maximum Gasteiger partial charge on any atom is 0.213 e. The maximum absolute atomic E-state index is 11.4. The van der Waals surface area contributed by atoms with Crippen molar-refractivity contribution in [2.45, 2.75) is 118 Å². The zero-order valence-corrected chi connectivity index (χ0v) is 20.4. The number of rotatable bonds is 6. The fourth-order valence-electron chi connectivity index (χ4n) is 9.45. The Kier molecular flexibility index (Phi) is 6.32. The van der Waals surface area contributed by atoms with E-state index in [-0.39, 0.29) is 11.0 Å². The molecule has 0 aromatic rings. The number of hydrogen-bond acceptors (Lipinski definition) is 2. The van der Waals surface area contributed by atoms with Gasteiger partial charge in [0.1, 0.15) is 0 Å². The quantitative estimate of drug-likeness (QED) is 0.327. The van der Waals surface area contributed by atoms with E-state index in [0.717, 1.165) is 54.8 Å². The second kappa shape index (κ2) is 8.39. The Hall–Kier alpha value is -0.600. The SMILES string of the molecule is CC(C)CCC[C@@H](C)[C@@H]1CC[C@@H]2[C@@H]3CC[C@H]4C[C@H]([N+](=O)[O-])CC[C@]4(C)[C@H]3CC[C@@]21C. The molecule has 0 unspecified atom stereocenters. The Morgan fingerprint density at radius 1 is 0.900 bits per heavy atom. The van der Waals surface area contributed by atoms with E-state index < -0.39 is 0 Å². The van der Waals surface area contributed by atoms with Gasteiger partial charge in [0, 0.05) is 17.8 Å². The van der Waals surface area contributed by atoms with Crippen molar-refractivity contribution in [3.63, 3.8) is 0 Å². The van der Waals surface area contributed by atoms with E-state index in [0.29, 0.717) is 16.7 Å². The highest BCUT2D eigenvalue weighted by Gasteiger charge is 2.61. The third-order valence-electron chi connectivity index (χ3n) is 11.1. The summed E-state index contributed by atoms with van der Waals surface area (Å²) in [4.78, 5) is 11.4. The molecule has 0 radical (unpaired) electrons. The lowest BCUT2D eigenvalue weighted by Gasteiger charge is -2.60. The van der Waals surface area contributed by atoms with E-state index in [4.69, 9.17) is 0 Å². The van der Waals surface area contributed by atoms with E-state index in [9.17, 15) is 10.1 Å². The molecule has 0 saturated heterocycles. The molecule has 0 bridgehead atoms. The van der Waals surface area contributed by atoms with Gasteiger partial charge in [-0.2, -0.15) is 0 Å². The molecule has 0 aliphatic heterocycles. The first-order valence-corrected chi connectivity index (χ1v) is 13.3. The Balaban J connectivity index is 1.45. The largest absolute Gasteiger partial charge is 0.264 e. The molecule has 3 heteroatoms. The Morgan fingerprint density at radius 2 is 1.60 bits per heavy atom. The summed E-state index contributed by atoms with van der Waals surface area (Å²) < 4.78 is 0. The Bertz CT molecular complexity index is 632. The van der Waals surface area contributed by atoms with E-state index >= 15 is 0 Å². The lowest BCUT2D eigenvalue weighted by Crippen LogP contribution is -2.54. The predicted octanol–water partition coefficient (Wildman–Crippen LogP) is 7.75. The second-order valence-electron chi connectivity index (χ2n) is 12.9. The van der Waals surface area contributed by atoms with E-state index in [1.165, 1.54) is 57.8 Å². The molecular formula is C27H47NO2. The molecular weight excluding hydrogens is 370 g/mol. The van der Waals surface area contributed by atoms with Gasteiger partial charge in [0.25, 0.3) is 0 Å². The van der Waals surface area contributed by atoms with Crippen LogP contribution in [0.2, 0.25) is 0 Å². The van der Waals surface area contributed by atoms with Crippen molar-refractivity contribution in [2.75, 3.05) is 0 Å². The average Bonchev–Trinajstić information content (AvgIpc) is 3.04. The predicted molar refractivity (Wildman–Crippen MR) is 124 cm³/mol. The lowest BCUT2D eigenvalue weighted by molar-refractivity contribution is -0.531. The molecule has 4 rings (SSSR count). The zero-order chi connectivity index (χ0) is 21.7. The van der Waals surface area contributed by atoms with Crippen LogP contribution in [0.4, 0.5) is 0 Å². The number of hydrogen-bond donors (Lipinski definition) is 0. The maximum atomic E-state index is 11.4. The monoisotopic (exact) mass is 417 g/mol. The van der Waals surface area contributed by atoms with E-state index in [2.05, 4.69) is 34.6 Å². The average molecular weight is 418 g/mol. The summed E-state index contributed by atoms with van der Waals surface area (Å²) in [6.45, 7) is 12.5. The molecule has 0 spiro atoms. The summed E-state index contributed by atoms with van der Waals surface area (Å²) in [5, 5.41) is 11.4. The molecule has 0 N–H and O–H groups in total. The van der Waals surface area contributed by atoms with Crippen LogP contribution in [-0.4, -0.2) is 11.0 Å². The molecule has 0 aromatic carbocycles. The van der Waals surface area contributed by atoms with Gasteiger partial charge in [0.15, 0.2) is 0 Å². The van der Waals surface area contributed by atoms with Crippen molar-refractivity contribution in [3.8, 4) is 0 Å². The molecule has 9 atom stereocenters. The van der Waals surface area contributed by atoms with Crippen molar-refractivity contribution in [2.24, 2.45) is 52.3 Å². The minimum Gasteiger partial charge on any atom is -0.264 e. The number of fused-ring (bicyclic) bond motifs is 5. The molecule has 0 aromatic heterocycles. The standard InChI is InChI=1S/C27H47NO2/c1-18(2)7-6-8-19(3)23-11-12-24-22-10-9-20-17-21(28(29)30)13-15-26(20,4)25(22)14-16-27(23,24)5/h18-25H,6-17H2,1-5H3/t19-,20+,21-,22+,23+,24-,25+,26+,27-/m1/s1. The molecule has 0 amide bonds. The van der Waals surface area contributed by atoms with Gasteiger partial charge in [-0.3, -0.25) is 10.1 Å². The molecule has 3 nitrogen and oxygen atoms in total. The first kappa shape index (κ1) is 22.6. The van der Waals surface area contributed by atoms with Gasteiger partial charge in [-0.15, -0.1) is 0 Å². The Labute approximate surface area is 185 Å². The van der Waals surface area contributed by atoms with Crippen molar-refractivity contribution in [1.82, 2.24) is 0 Å². The van der Waals surface area contributed by atoms with Crippen LogP contribution in [0, 0.1) is 62.4 Å².